The van der Waals surface area contributed by atoms with Gasteiger partial charge in [0, 0.05) is 12.5 Å². The van der Waals surface area contributed by atoms with Crippen molar-refractivity contribution >= 4 is 5.97 Å². The summed E-state index contributed by atoms with van der Waals surface area (Å²) < 4.78 is 16.9. The number of ether oxygens (including phenoxy) is 3. The smallest absolute Gasteiger partial charge is 0.335 e. The van der Waals surface area contributed by atoms with Crippen LogP contribution in [0.4, 0.5) is 0 Å². The van der Waals surface area contributed by atoms with E-state index in [9.17, 15) is 9.90 Å². The van der Waals surface area contributed by atoms with Crippen LogP contribution in [0.2, 0.25) is 0 Å². The van der Waals surface area contributed by atoms with Crippen molar-refractivity contribution in [3.8, 4) is 23.0 Å². The van der Waals surface area contributed by atoms with Gasteiger partial charge in [-0.2, -0.15) is 0 Å². The van der Waals surface area contributed by atoms with Crippen LogP contribution in [0.1, 0.15) is 22.3 Å². The molecule has 0 aliphatic rings. The molecule has 150 valence electrons. The van der Waals surface area contributed by atoms with Gasteiger partial charge in [0.1, 0.15) is 29.6 Å². The maximum Gasteiger partial charge on any atom is 0.335 e. The molecule has 0 unspecified atom stereocenters. The van der Waals surface area contributed by atoms with Gasteiger partial charge in [-0.15, -0.1) is 0 Å². The summed E-state index contributed by atoms with van der Waals surface area (Å²) in [6.45, 7) is 1.28. The van der Waals surface area contributed by atoms with Crippen LogP contribution >= 0.6 is 0 Å². The summed E-state index contributed by atoms with van der Waals surface area (Å²) in [5, 5.41) is 18.5. The van der Waals surface area contributed by atoms with E-state index in [1.54, 1.807) is 0 Å². The first-order valence-electron chi connectivity index (χ1n) is 9.20. The molecule has 0 saturated heterocycles. The van der Waals surface area contributed by atoms with Crippen LogP contribution in [0, 0.1) is 0 Å². The molecule has 0 radical (unpaired) electrons. The van der Waals surface area contributed by atoms with E-state index in [4.69, 9.17) is 19.3 Å². The van der Waals surface area contributed by atoms with Crippen molar-refractivity contribution in [3.63, 3.8) is 0 Å². The van der Waals surface area contributed by atoms with Crippen molar-refractivity contribution in [3.05, 3.63) is 83.9 Å². The summed E-state index contributed by atoms with van der Waals surface area (Å²) in [6.07, 6.45) is 0.602. The van der Waals surface area contributed by atoms with Crippen molar-refractivity contribution in [2.75, 3.05) is 13.2 Å². The number of carboxylic acid groups (broad SMARTS) is 1. The highest BCUT2D eigenvalue weighted by molar-refractivity contribution is 5.88. The minimum absolute atomic E-state index is 0.0224. The largest absolute Gasteiger partial charge is 0.508 e. The maximum atomic E-state index is 11.0. The molecule has 0 amide bonds. The van der Waals surface area contributed by atoms with Gasteiger partial charge in [-0.1, -0.05) is 30.3 Å². The Labute approximate surface area is 168 Å². The molecule has 3 aromatic carbocycles. The second-order valence-corrected chi connectivity index (χ2v) is 6.32. The number of aromatic hydroxyl groups is 1. The summed E-state index contributed by atoms with van der Waals surface area (Å²) in [5.74, 6) is 0.531. The Morgan fingerprint density at radius 3 is 2.03 bits per heavy atom. The molecule has 6 heteroatoms. The van der Waals surface area contributed by atoms with E-state index in [0.29, 0.717) is 32.0 Å². The van der Waals surface area contributed by atoms with Crippen LogP contribution in [-0.4, -0.2) is 29.4 Å². The molecule has 6 nitrogen and oxygen atoms in total. The van der Waals surface area contributed by atoms with Crippen molar-refractivity contribution in [2.45, 2.75) is 13.0 Å². The zero-order chi connectivity index (χ0) is 20.5. The second-order valence-electron chi connectivity index (χ2n) is 6.32. The number of carboxylic acids is 1. The molecule has 29 heavy (non-hydrogen) atoms. The van der Waals surface area contributed by atoms with Gasteiger partial charge in [-0.05, 0) is 42.0 Å². The number of aromatic carboxylic acids is 1. The molecule has 0 atom stereocenters. The molecule has 0 heterocycles. The van der Waals surface area contributed by atoms with Gasteiger partial charge >= 0.3 is 5.97 Å². The van der Waals surface area contributed by atoms with E-state index in [1.807, 2.05) is 54.6 Å². The van der Waals surface area contributed by atoms with Gasteiger partial charge < -0.3 is 24.4 Å². The molecule has 0 saturated carbocycles. The quantitative estimate of drug-likeness (QED) is 0.492. The normalized spacial score (nSPS) is 10.3. The van der Waals surface area contributed by atoms with Crippen LogP contribution in [0.25, 0.3) is 0 Å². The second kappa shape index (κ2) is 10.0. The van der Waals surface area contributed by atoms with E-state index in [2.05, 4.69) is 0 Å². The Kier molecular flexibility index (Phi) is 6.95. The first kappa shape index (κ1) is 20.1. The molecule has 0 bridgehead atoms. The summed E-state index contributed by atoms with van der Waals surface area (Å²) in [4.78, 5) is 11.0. The SMILES string of the molecule is O=C(O)c1cc(O)cc(OCCCOc2ccc(OCc3ccccc3)cc2)c1. The lowest BCUT2D eigenvalue weighted by Crippen LogP contribution is -2.05. The lowest BCUT2D eigenvalue weighted by molar-refractivity contribution is 0.0695. The fraction of sp³-hybridized carbons (Fsp3) is 0.174. The standard InChI is InChI=1S/C23H22O6/c24-19-13-18(23(25)26)14-22(15-19)28-12-4-11-27-20-7-9-21(10-8-20)29-16-17-5-2-1-3-6-17/h1-3,5-10,13-15,24H,4,11-12,16H2,(H,25,26). The van der Waals surface area contributed by atoms with Crippen molar-refractivity contribution in [2.24, 2.45) is 0 Å². The van der Waals surface area contributed by atoms with Gasteiger partial charge in [-0.25, -0.2) is 4.79 Å². The van der Waals surface area contributed by atoms with Gasteiger partial charge in [0.15, 0.2) is 0 Å². The van der Waals surface area contributed by atoms with E-state index in [0.717, 1.165) is 17.1 Å². The summed E-state index contributed by atoms with van der Waals surface area (Å²) in [7, 11) is 0. The summed E-state index contributed by atoms with van der Waals surface area (Å²) in [6, 6.07) is 21.3. The third kappa shape index (κ3) is 6.46. The first-order chi connectivity index (χ1) is 14.1. The number of carbonyl (C=O) groups is 1. The topological polar surface area (TPSA) is 85.2 Å². The van der Waals surface area contributed by atoms with Gasteiger partial charge in [0.25, 0.3) is 0 Å². The minimum atomic E-state index is -1.12. The Morgan fingerprint density at radius 2 is 1.38 bits per heavy atom. The van der Waals surface area contributed by atoms with Crippen LogP contribution in [-0.2, 0) is 6.61 Å². The molecule has 3 aromatic rings. The number of rotatable bonds is 10. The molecule has 0 fully saturated rings. The van der Waals surface area contributed by atoms with Gasteiger partial charge in [-0.3, -0.25) is 0 Å². The van der Waals surface area contributed by atoms with Gasteiger partial charge in [0.05, 0.1) is 18.8 Å². The highest BCUT2D eigenvalue weighted by Gasteiger charge is 2.07. The summed E-state index contributed by atoms with van der Waals surface area (Å²) in [5.41, 5.74) is 1.08. The van der Waals surface area contributed by atoms with Crippen molar-refractivity contribution in [1.82, 2.24) is 0 Å². The van der Waals surface area contributed by atoms with Crippen LogP contribution < -0.4 is 14.2 Å². The number of benzene rings is 3. The Balaban J connectivity index is 1.38. The lowest BCUT2D eigenvalue weighted by atomic mass is 10.2. The molecular formula is C23H22O6. The molecule has 0 aliphatic carbocycles. The average molecular weight is 394 g/mol. The Hall–Kier alpha value is -3.67. The van der Waals surface area contributed by atoms with Crippen molar-refractivity contribution in [1.29, 1.82) is 0 Å². The average Bonchev–Trinajstić information content (AvgIpc) is 2.73. The number of phenolic OH excluding ortho intramolecular Hbond substituents is 1. The Morgan fingerprint density at radius 1 is 0.759 bits per heavy atom. The number of phenols is 1. The molecule has 0 aliphatic heterocycles. The predicted molar refractivity (Wildman–Crippen MR) is 108 cm³/mol. The van der Waals surface area contributed by atoms with E-state index in [1.165, 1.54) is 18.2 Å². The maximum absolute atomic E-state index is 11.0. The molecule has 3 rings (SSSR count). The molecule has 0 spiro atoms. The van der Waals surface area contributed by atoms with Gasteiger partial charge in [0.2, 0.25) is 0 Å². The molecular weight excluding hydrogens is 372 g/mol. The fourth-order valence-electron chi connectivity index (χ4n) is 2.60. The van der Waals surface area contributed by atoms with E-state index < -0.39 is 5.97 Å². The zero-order valence-corrected chi connectivity index (χ0v) is 15.8. The lowest BCUT2D eigenvalue weighted by Gasteiger charge is -2.10. The van der Waals surface area contributed by atoms with E-state index in [-0.39, 0.29) is 11.3 Å². The zero-order valence-electron chi connectivity index (χ0n) is 15.8. The highest BCUT2D eigenvalue weighted by atomic mass is 16.5. The van der Waals surface area contributed by atoms with Crippen molar-refractivity contribution < 1.29 is 29.2 Å². The third-order valence-electron chi connectivity index (χ3n) is 4.04. The predicted octanol–water partition coefficient (Wildman–Crippen LogP) is 4.52. The van der Waals surface area contributed by atoms with Crippen LogP contribution in [0.15, 0.2) is 72.8 Å². The fourth-order valence-corrected chi connectivity index (χ4v) is 2.60. The monoisotopic (exact) mass is 394 g/mol. The Bertz CT molecular complexity index is 922. The highest BCUT2D eigenvalue weighted by Crippen LogP contribution is 2.22. The number of hydrogen-bond acceptors (Lipinski definition) is 5. The van der Waals surface area contributed by atoms with Crippen LogP contribution in [0.5, 0.6) is 23.0 Å². The first-order valence-corrected chi connectivity index (χ1v) is 9.20. The molecule has 0 aromatic heterocycles. The molecule has 2 N–H and O–H groups in total. The van der Waals surface area contributed by atoms with E-state index >= 15 is 0 Å². The summed E-state index contributed by atoms with van der Waals surface area (Å²) >= 11 is 0. The van der Waals surface area contributed by atoms with Crippen LogP contribution in [0.3, 0.4) is 0 Å². The number of hydrogen-bond donors (Lipinski definition) is 2. The minimum Gasteiger partial charge on any atom is -0.508 e. The third-order valence-corrected chi connectivity index (χ3v) is 4.04.